The van der Waals surface area contributed by atoms with Gasteiger partial charge in [-0.05, 0) is 68.1 Å². The molecule has 6 atom stereocenters. The summed E-state index contributed by atoms with van der Waals surface area (Å²) in [7, 11) is 0. The van der Waals surface area contributed by atoms with E-state index >= 15 is 0 Å². The van der Waals surface area contributed by atoms with Crippen molar-refractivity contribution < 1.29 is 19.5 Å². The van der Waals surface area contributed by atoms with Crippen molar-refractivity contribution >= 4 is 17.5 Å². The molecular weight excluding hydrogens is 304 g/mol. The molecule has 0 bridgehead atoms. The second-order valence-electron chi connectivity index (χ2n) is 9.05. The van der Waals surface area contributed by atoms with Crippen molar-refractivity contribution in [3.63, 3.8) is 0 Å². The summed E-state index contributed by atoms with van der Waals surface area (Å²) in [6, 6.07) is 0. The fourth-order valence-corrected chi connectivity index (χ4v) is 6.66. The predicted octanol–water partition coefficient (Wildman–Crippen LogP) is 3.87. The van der Waals surface area contributed by atoms with Crippen LogP contribution in [0.5, 0.6) is 0 Å². The first kappa shape index (κ1) is 17.6. The van der Waals surface area contributed by atoms with Crippen LogP contribution in [0.25, 0.3) is 0 Å². The van der Waals surface area contributed by atoms with Crippen molar-refractivity contribution in [3.8, 4) is 0 Å². The van der Waals surface area contributed by atoms with E-state index in [1.807, 2.05) is 0 Å². The van der Waals surface area contributed by atoms with Gasteiger partial charge in [0.25, 0.3) is 0 Å². The van der Waals surface area contributed by atoms with E-state index in [2.05, 4.69) is 13.8 Å². The van der Waals surface area contributed by atoms with E-state index in [-0.39, 0.29) is 29.0 Å². The lowest BCUT2D eigenvalue weighted by Gasteiger charge is -2.57. The Labute approximate surface area is 144 Å². The van der Waals surface area contributed by atoms with Crippen LogP contribution in [-0.4, -0.2) is 22.6 Å². The monoisotopic (exact) mass is 334 g/mol. The van der Waals surface area contributed by atoms with Gasteiger partial charge in [0.2, 0.25) is 0 Å². The molecule has 0 heterocycles. The molecule has 3 fully saturated rings. The molecule has 134 valence electrons. The van der Waals surface area contributed by atoms with Crippen molar-refractivity contribution in [3.05, 3.63) is 0 Å². The maximum atomic E-state index is 12.4. The first-order chi connectivity index (χ1) is 11.2. The summed E-state index contributed by atoms with van der Waals surface area (Å²) >= 11 is 0. The van der Waals surface area contributed by atoms with Crippen molar-refractivity contribution in [2.75, 3.05) is 0 Å². The van der Waals surface area contributed by atoms with E-state index in [0.717, 1.165) is 32.1 Å². The number of aliphatic carboxylic acids is 1. The highest BCUT2D eigenvalue weighted by Crippen LogP contribution is 2.64. The van der Waals surface area contributed by atoms with E-state index in [1.54, 1.807) is 6.92 Å². The highest BCUT2D eigenvalue weighted by Gasteiger charge is 2.59. The average Bonchev–Trinajstić information content (AvgIpc) is 2.77. The summed E-state index contributed by atoms with van der Waals surface area (Å²) in [4.78, 5) is 35.7. The lowest BCUT2D eigenvalue weighted by molar-refractivity contribution is -0.149. The van der Waals surface area contributed by atoms with Crippen LogP contribution in [0.1, 0.15) is 72.1 Å². The number of carboxylic acids is 1. The average molecular weight is 334 g/mol. The van der Waals surface area contributed by atoms with E-state index in [9.17, 15) is 19.5 Å². The maximum absolute atomic E-state index is 12.4. The van der Waals surface area contributed by atoms with Crippen LogP contribution in [-0.2, 0) is 14.4 Å². The van der Waals surface area contributed by atoms with Crippen molar-refractivity contribution in [1.82, 2.24) is 0 Å². The van der Waals surface area contributed by atoms with Gasteiger partial charge in [-0.2, -0.15) is 0 Å². The van der Waals surface area contributed by atoms with Gasteiger partial charge in [0, 0.05) is 24.7 Å². The summed E-state index contributed by atoms with van der Waals surface area (Å²) < 4.78 is 0. The van der Waals surface area contributed by atoms with Gasteiger partial charge in [0.1, 0.15) is 11.6 Å². The fraction of sp³-hybridized carbons (Fsp3) is 0.850. The number of carbonyl (C=O) groups is 3. The van der Waals surface area contributed by atoms with E-state index in [1.165, 1.54) is 0 Å². The van der Waals surface area contributed by atoms with Gasteiger partial charge in [-0.25, -0.2) is 0 Å². The normalized spacial score (nSPS) is 44.7. The van der Waals surface area contributed by atoms with Crippen molar-refractivity contribution in [2.24, 2.45) is 34.5 Å². The molecule has 0 spiro atoms. The van der Waals surface area contributed by atoms with Gasteiger partial charge in [-0.1, -0.05) is 13.8 Å². The Morgan fingerprint density at radius 3 is 2.46 bits per heavy atom. The summed E-state index contributed by atoms with van der Waals surface area (Å²) in [6.07, 6.45) is 6.08. The molecule has 4 nitrogen and oxygen atoms in total. The molecule has 0 aromatic rings. The maximum Gasteiger partial charge on any atom is 0.303 e. The number of Topliss-reactive ketones (excluding diaryl/α,β-unsaturated/α-hetero) is 2. The number of rotatable bonds is 4. The third kappa shape index (κ3) is 2.62. The first-order valence-electron chi connectivity index (χ1n) is 9.43. The van der Waals surface area contributed by atoms with Crippen LogP contribution in [0.3, 0.4) is 0 Å². The number of hydrogen-bond acceptors (Lipinski definition) is 3. The molecule has 24 heavy (non-hydrogen) atoms. The zero-order valence-corrected chi connectivity index (χ0v) is 15.1. The number of hydrogen-bond donors (Lipinski definition) is 1. The summed E-state index contributed by atoms with van der Waals surface area (Å²) in [6.45, 7) is 5.92. The molecule has 0 saturated heterocycles. The molecule has 3 aliphatic rings. The van der Waals surface area contributed by atoms with Gasteiger partial charge < -0.3 is 9.90 Å². The summed E-state index contributed by atoms with van der Waals surface area (Å²) in [5.74, 6) is 1.18. The highest BCUT2D eigenvalue weighted by molar-refractivity contribution is 5.87. The van der Waals surface area contributed by atoms with E-state index in [4.69, 9.17) is 0 Å². The zero-order chi connectivity index (χ0) is 17.7. The van der Waals surface area contributed by atoms with Gasteiger partial charge in [-0.15, -0.1) is 0 Å². The minimum absolute atomic E-state index is 0.0709. The molecule has 0 aliphatic heterocycles. The lowest BCUT2D eigenvalue weighted by Crippen LogP contribution is -2.52. The second kappa shape index (κ2) is 5.96. The van der Waals surface area contributed by atoms with Crippen molar-refractivity contribution in [2.45, 2.75) is 72.1 Å². The van der Waals surface area contributed by atoms with Gasteiger partial charge in [0.15, 0.2) is 0 Å². The number of fused-ring (bicyclic) bond motifs is 3. The molecule has 0 aromatic heterocycles. The minimum atomic E-state index is -0.759. The first-order valence-corrected chi connectivity index (χ1v) is 9.43. The quantitative estimate of drug-likeness (QED) is 0.847. The number of carboxylic acid groups (broad SMARTS) is 1. The molecule has 0 aromatic carbocycles. The van der Waals surface area contributed by atoms with Gasteiger partial charge >= 0.3 is 5.97 Å². The van der Waals surface area contributed by atoms with Gasteiger partial charge in [-0.3, -0.25) is 9.59 Å². The SMILES string of the molecule is CC(=O)C[C@]1(C)[C@H](CC(=O)O)CC[C@H]2[C@H]1CC[C@@]1(C)C(=O)CC[C@@H]21. The van der Waals surface area contributed by atoms with Crippen LogP contribution in [0, 0.1) is 34.5 Å². The number of carbonyl (C=O) groups excluding carboxylic acids is 2. The zero-order valence-electron chi connectivity index (χ0n) is 15.1. The van der Waals surface area contributed by atoms with Crippen LogP contribution < -0.4 is 0 Å². The van der Waals surface area contributed by atoms with Gasteiger partial charge in [0.05, 0.1) is 0 Å². The largest absolute Gasteiger partial charge is 0.481 e. The highest BCUT2D eigenvalue weighted by atomic mass is 16.4. The third-order valence-electron chi connectivity index (χ3n) is 7.83. The van der Waals surface area contributed by atoms with Crippen LogP contribution in [0.4, 0.5) is 0 Å². The molecule has 0 unspecified atom stereocenters. The molecule has 1 N–H and O–H groups in total. The third-order valence-corrected chi connectivity index (χ3v) is 7.83. The molecule has 0 amide bonds. The fourth-order valence-electron chi connectivity index (χ4n) is 6.66. The Balaban J connectivity index is 1.92. The van der Waals surface area contributed by atoms with E-state index < -0.39 is 5.97 Å². The lowest BCUT2D eigenvalue weighted by atomic mass is 9.46. The molecule has 3 rings (SSSR count). The molecule has 3 aliphatic carbocycles. The Kier molecular flexibility index (Phi) is 4.38. The predicted molar refractivity (Wildman–Crippen MR) is 90.4 cm³/mol. The topological polar surface area (TPSA) is 71.4 Å². The molecule has 4 heteroatoms. The number of ketones is 2. The van der Waals surface area contributed by atoms with Crippen LogP contribution in [0.2, 0.25) is 0 Å². The summed E-state index contributed by atoms with van der Waals surface area (Å²) in [5, 5.41) is 9.32. The van der Waals surface area contributed by atoms with Crippen LogP contribution in [0.15, 0.2) is 0 Å². The minimum Gasteiger partial charge on any atom is -0.481 e. The Morgan fingerprint density at radius 1 is 1.12 bits per heavy atom. The molecule has 0 radical (unpaired) electrons. The Hall–Kier alpha value is -1.19. The van der Waals surface area contributed by atoms with E-state index in [0.29, 0.717) is 36.4 Å². The Morgan fingerprint density at radius 2 is 1.83 bits per heavy atom. The molecule has 3 saturated carbocycles. The smallest absolute Gasteiger partial charge is 0.303 e. The van der Waals surface area contributed by atoms with Crippen LogP contribution >= 0.6 is 0 Å². The standard InChI is InChI=1S/C20H30O4/c1-12(21)11-20(3)13(10-18(23)24)4-5-14-15-6-7-17(22)19(15,2)9-8-16(14)20/h13-16H,4-11H2,1-3H3,(H,23,24)/t13-,14+,15-,16+,19+,20+/m0/s1. The second-order valence-corrected chi connectivity index (χ2v) is 9.05. The molecular formula is C20H30O4. The Bertz CT molecular complexity index is 568. The summed E-state index contributed by atoms with van der Waals surface area (Å²) in [5.41, 5.74) is -0.405. The van der Waals surface area contributed by atoms with Crippen molar-refractivity contribution in [1.29, 1.82) is 0 Å².